The van der Waals surface area contributed by atoms with E-state index in [0.717, 1.165) is 11.1 Å². The summed E-state index contributed by atoms with van der Waals surface area (Å²) in [6.45, 7) is 0.533. The molecule has 0 aromatic heterocycles. The minimum absolute atomic E-state index is 0.0555. The average molecular weight is 347 g/mol. The molecule has 0 unspecified atom stereocenters. The maximum Gasteiger partial charge on any atom is 0.248 e. The molecule has 6 heteroatoms. The van der Waals surface area contributed by atoms with Gasteiger partial charge in [0.25, 0.3) is 0 Å². The van der Waals surface area contributed by atoms with Gasteiger partial charge in [0.1, 0.15) is 5.37 Å². The summed E-state index contributed by atoms with van der Waals surface area (Å²) in [5.41, 5.74) is 7.74. The van der Waals surface area contributed by atoms with Gasteiger partial charge in [-0.25, -0.2) is 0 Å². The maximum atomic E-state index is 12.2. The zero-order valence-corrected chi connectivity index (χ0v) is 13.8. The molecule has 3 rings (SSSR count). The highest BCUT2D eigenvalue weighted by atomic mass is 35.5. The highest BCUT2D eigenvalue weighted by Gasteiger charge is 2.32. The summed E-state index contributed by atoms with van der Waals surface area (Å²) < 4.78 is 0. The smallest absolute Gasteiger partial charge is 0.248 e. The lowest BCUT2D eigenvalue weighted by Gasteiger charge is -2.24. The summed E-state index contributed by atoms with van der Waals surface area (Å²) in [6, 6.07) is 14.6. The number of nitrogens with two attached hydrogens (primary N) is 1. The third-order valence-electron chi connectivity index (χ3n) is 3.71. The van der Waals surface area contributed by atoms with Crippen LogP contribution in [0, 0.1) is 0 Å². The lowest BCUT2D eigenvalue weighted by atomic mass is 10.1. The van der Waals surface area contributed by atoms with Crippen molar-refractivity contribution in [1.29, 1.82) is 0 Å². The van der Waals surface area contributed by atoms with E-state index < -0.39 is 5.91 Å². The average Bonchev–Trinajstić information content (AvgIpc) is 2.91. The second kappa shape index (κ2) is 6.64. The number of hydrogen-bond acceptors (Lipinski definition) is 3. The van der Waals surface area contributed by atoms with E-state index in [1.54, 1.807) is 23.9 Å². The number of hydrogen-bond donors (Lipinski definition) is 1. The summed E-state index contributed by atoms with van der Waals surface area (Å²) in [7, 11) is 0. The van der Waals surface area contributed by atoms with Gasteiger partial charge in [-0.1, -0.05) is 35.9 Å². The van der Waals surface area contributed by atoms with Gasteiger partial charge in [0, 0.05) is 17.1 Å². The molecular weight excluding hydrogens is 332 g/mol. The van der Waals surface area contributed by atoms with Crippen LogP contribution in [0.25, 0.3) is 0 Å². The van der Waals surface area contributed by atoms with Crippen molar-refractivity contribution >= 4 is 35.2 Å². The minimum atomic E-state index is -0.454. The second-order valence-corrected chi connectivity index (χ2v) is 6.80. The molecule has 0 saturated carbocycles. The van der Waals surface area contributed by atoms with Gasteiger partial charge < -0.3 is 10.6 Å². The first-order valence-corrected chi connectivity index (χ1v) is 8.52. The quantitative estimate of drug-likeness (QED) is 0.924. The molecule has 118 valence electrons. The van der Waals surface area contributed by atoms with E-state index in [9.17, 15) is 9.59 Å². The van der Waals surface area contributed by atoms with E-state index in [2.05, 4.69) is 0 Å². The van der Waals surface area contributed by atoms with E-state index in [1.165, 1.54) is 0 Å². The third-order valence-corrected chi connectivity index (χ3v) is 5.22. The number of thioether (sulfide) groups is 1. The molecule has 1 atom stereocenters. The van der Waals surface area contributed by atoms with Gasteiger partial charge in [0.15, 0.2) is 0 Å². The first-order valence-electron chi connectivity index (χ1n) is 7.10. The minimum Gasteiger partial charge on any atom is -0.366 e. The molecule has 0 radical (unpaired) electrons. The number of carbonyl (C=O) groups is 2. The van der Waals surface area contributed by atoms with Crippen molar-refractivity contribution in [2.75, 3.05) is 5.75 Å². The summed E-state index contributed by atoms with van der Waals surface area (Å²) in [5, 5.41) is 0.620. The lowest BCUT2D eigenvalue weighted by Crippen LogP contribution is -2.27. The molecule has 1 aliphatic rings. The number of amides is 2. The fourth-order valence-corrected chi connectivity index (χ4v) is 3.81. The van der Waals surface area contributed by atoms with Crippen molar-refractivity contribution in [1.82, 2.24) is 4.90 Å². The van der Waals surface area contributed by atoms with E-state index in [0.29, 0.717) is 22.9 Å². The Morgan fingerprint density at radius 3 is 2.43 bits per heavy atom. The molecule has 1 saturated heterocycles. The first-order chi connectivity index (χ1) is 11.0. The van der Waals surface area contributed by atoms with Gasteiger partial charge in [0.2, 0.25) is 11.8 Å². The van der Waals surface area contributed by atoms with Crippen LogP contribution in [0.1, 0.15) is 26.9 Å². The Balaban J connectivity index is 1.81. The molecule has 2 aromatic carbocycles. The molecule has 2 aromatic rings. The van der Waals surface area contributed by atoms with E-state index in [-0.39, 0.29) is 11.3 Å². The Morgan fingerprint density at radius 2 is 1.83 bits per heavy atom. The molecule has 23 heavy (non-hydrogen) atoms. The number of nitrogens with zero attached hydrogens (tertiary/aromatic N) is 1. The molecule has 4 nitrogen and oxygen atoms in total. The van der Waals surface area contributed by atoms with Crippen LogP contribution < -0.4 is 5.73 Å². The zero-order chi connectivity index (χ0) is 16.4. The largest absolute Gasteiger partial charge is 0.366 e. The van der Waals surface area contributed by atoms with Crippen molar-refractivity contribution < 1.29 is 9.59 Å². The van der Waals surface area contributed by atoms with Crippen LogP contribution in [-0.2, 0) is 11.3 Å². The van der Waals surface area contributed by atoms with Gasteiger partial charge in [-0.15, -0.1) is 11.8 Å². The molecule has 0 spiro atoms. The molecule has 2 amide bonds. The molecule has 1 fully saturated rings. The number of halogens is 1. The van der Waals surface area contributed by atoms with Crippen molar-refractivity contribution in [2.45, 2.75) is 11.9 Å². The van der Waals surface area contributed by atoms with Gasteiger partial charge in [-0.05, 0) is 35.4 Å². The summed E-state index contributed by atoms with van der Waals surface area (Å²) >= 11 is 7.48. The summed E-state index contributed by atoms with van der Waals surface area (Å²) in [4.78, 5) is 25.2. The SMILES string of the molecule is NC(=O)c1ccc([C@@H]2SCC(=O)N2Cc2ccc(Cl)cc2)cc1. The van der Waals surface area contributed by atoms with Gasteiger partial charge >= 0.3 is 0 Å². The second-order valence-electron chi connectivity index (χ2n) is 5.30. The summed E-state index contributed by atoms with van der Waals surface area (Å²) in [6.07, 6.45) is 0. The number of primary amides is 1. The Labute approximate surface area is 143 Å². The predicted molar refractivity (Wildman–Crippen MR) is 92.2 cm³/mol. The van der Waals surface area contributed by atoms with E-state index in [1.807, 2.05) is 41.3 Å². The highest BCUT2D eigenvalue weighted by Crippen LogP contribution is 2.39. The van der Waals surface area contributed by atoms with Crippen LogP contribution in [0.5, 0.6) is 0 Å². The molecular formula is C17H15ClN2O2S. The molecule has 2 N–H and O–H groups in total. The summed E-state index contributed by atoms with van der Waals surface area (Å²) in [5.74, 6) is 0.106. The third kappa shape index (κ3) is 3.51. The van der Waals surface area contributed by atoms with Crippen LogP contribution in [-0.4, -0.2) is 22.5 Å². The van der Waals surface area contributed by atoms with Crippen molar-refractivity contribution in [3.8, 4) is 0 Å². The van der Waals surface area contributed by atoms with Crippen LogP contribution in [0.15, 0.2) is 48.5 Å². The van der Waals surface area contributed by atoms with Gasteiger partial charge in [0.05, 0.1) is 5.75 Å². The van der Waals surface area contributed by atoms with E-state index in [4.69, 9.17) is 17.3 Å². The van der Waals surface area contributed by atoms with E-state index >= 15 is 0 Å². The van der Waals surface area contributed by atoms with Crippen molar-refractivity contribution in [2.24, 2.45) is 5.73 Å². The van der Waals surface area contributed by atoms with Crippen LogP contribution in [0.4, 0.5) is 0 Å². The van der Waals surface area contributed by atoms with Gasteiger partial charge in [-0.2, -0.15) is 0 Å². The maximum absolute atomic E-state index is 12.2. The Hall–Kier alpha value is -1.98. The normalized spacial score (nSPS) is 17.5. The predicted octanol–water partition coefficient (Wildman–Crippen LogP) is 3.21. The van der Waals surface area contributed by atoms with Crippen molar-refractivity contribution in [3.05, 3.63) is 70.2 Å². The van der Waals surface area contributed by atoms with Crippen LogP contribution in [0.3, 0.4) is 0 Å². The number of rotatable bonds is 4. The topological polar surface area (TPSA) is 63.4 Å². The molecule has 1 heterocycles. The van der Waals surface area contributed by atoms with Crippen LogP contribution >= 0.6 is 23.4 Å². The standard InChI is InChI=1S/C17H15ClN2O2S/c18-14-7-1-11(2-8-14)9-20-15(21)10-23-17(20)13-5-3-12(4-6-13)16(19)22/h1-8,17H,9-10H2,(H2,19,22)/t17-/m0/s1. The highest BCUT2D eigenvalue weighted by molar-refractivity contribution is 8.00. The monoisotopic (exact) mass is 346 g/mol. The lowest BCUT2D eigenvalue weighted by molar-refractivity contribution is -0.128. The fraction of sp³-hybridized carbons (Fsp3) is 0.176. The number of carbonyl (C=O) groups excluding carboxylic acids is 2. The molecule has 0 bridgehead atoms. The Kier molecular flexibility index (Phi) is 4.59. The number of benzene rings is 2. The molecule has 1 aliphatic heterocycles. The first kappa shape index (κ1) is 15.9. The zero-order valence-electron chi connectivity index (χ0n) is 12.2. The Bertz CT molecular complexity index is 731. The van der Waals surface area contributed by atoms with Crippen molar-refractivity contribution in [3.63, 3.8) is 0 Å². The van der Waals surface area contributed by atoms with Gasteiger partial charge in [-0.3, -0.25) is 9.59 Å². The Morgan fingerprint density at radius 1 is 1.17 bits per heavy atom. The molecule has 0 aliphatic carbocycles. The van der Waals surface area contributed by atoms with Crippen LogP contribution in [0.2, 0.25) is 5.02 Å². The fourth-order valence-electron chi connectivity index (χ4n) is 2.50.